The number of ether oxygens (including phenoxy) is 2. The molecule has 0 radical (unpaired) electrons. The van der Waals surface area contributed by atoms with Gasteiger partial charge in [0.1, 0.15) is 23.8 Å². The van der Waals surface area contributed by atoms with Gasteiger partial charge in [0.15, 0.2) is 0 Å². The van der Waals surface area contributed by atoms with Gasteiger partial charge in [0.2, 0.25) is 5.88 Å². The molecule has 1 atom stereocenters. The Balaban J connectivity index is 2.01. The Morgan fingerprint density at radius 1 is 1.48 bits per heavy atom. The number of likely N-dealkylation sites (tertiary alicyclic amines) is 1. The van der Waals surface area contributed by atoms with Gasteiger partial charge in [-0.1, -0.05) is 0 Å². The third-order valence-electron chi connectivity index (χ3n) is 3.56. The van der Waals surface area contributed by atoms with Gasteiger partial charge >= 0.3 is 6.09 Å². The number of carbonyl (C=O) groups is 1. The average Bonchev–Trinajstić information content (AvgIpc) is 2.51. The zero-order valence-electron chi connectivity index (χ0n) is 13.9. The summed E-state index contributed by atoms with van der Waals surface area (Å²) in [6.45, 7) is 6.54. The maximum absolute atomic E-state index is 12.3. The average molecular weight is 317 g/mol. The van der Waals surface area contributed by atoms with Crippen molar-refractivity contribution in [2.45, 2.75) is 51.7 Å². The minimum Gasteiger partial charge on any atom is -0.475 e. The standard InChI is InChI=1S/C17H23N3O3/c1-17(2,3)23-16(21)20-10-5-4-8-14(20)12-22-15-13(11-18)7-6-9-19-15/h6-7,9,14H,4-5,8,10,12H2,1-3H3/t14-/m1/s1. The van der Waals surface area contributed by atoms with E-state index in [4.69, 9.17) is 14.7 Å². The molecule has 6 heteroatoms. The quantitative estimate of drug-likeness (QED) is 0.856. The Morgan fingerprint density at radius 3 is 2.96 bits per heavy atom. The fourth-order valence-corrected chi connectivity index (χ4v) is 2.50. The third kappa shape index (κ3) is 4.85. The number of nitrogens with zero attached hydrogens (tertiary/aromatic N) is 3. The van der Waals surface area contributed by atoms with E-state index in [2.05, 4.69) is 11.1 Å². The molecule has 6 nitrogen and oxygen atoms in total. The number of pyridine rings is 1. The van der Waals surface area contributed by atoms with Crippen molar-refractivity contribution >= 4 is 6.09 Å². The van der Waals surface area contributed by atoms with E-state index >= 15 is 0 Å². The Morgan fingerprint density at radius 2 is 2.26 bits per heavy atom. The van der Waals surface area contributed by atoms with Gasteiger partial charge in [-0.3, -0.25) is 0 Å². The van der Waals surface area contributed by atoms with Crippen LogP contribution in [0.1, 0.15) is 45.6 Å². The minimum absolute atomic E-state index is 0.0628. The van der Waals surface area contributed by atoms with Crippen molar-refractivity contribution in [1.29, 1.82) is 5.26 Å². The van der Waals surface area contributed by atoms with E-state index in [1.54, 1.807) is 23.2 Å². The maximum atomic E-state index is 12.3. The van der Waals surface area contributed by atoms with Crippen molar-refractivity contribution in [3.8, 4) is 11.9 Å². The number of hydrogen-bond donors (Lipinski definition) is 0. The van der Waals surface area contributed by atoms with Crippen LogP contribution in [0, 0.1) is 11.3 Å². The molecule has 2 rings (SSSR count). The van der Waals surface area contributed by atoms with Crippen molar-refractivity contribution in [2.75, 3.05) is 13.2 Å². The fourth-order valence-electron chi connectivity index (χ4n) is 2.50. The molecule has 0 spiro atoms. The summed E-state index contributed by atoms with van der Waals surface area (Å²) >= 11 is 0. The number of nitriles is 1. The Kier molecular flexibility index (Phi) is 5.43. The van der Waals surface area contributed by atoms with Gasteiger partial charge in [-0.15, -0.1) is 0 Å². The van der Waals surface area contributed by atoms with E-state index in [9.17, 15) is 4.79 Å². The van der Waals surface area contributed by atoms with Gasteiger partial charge in [-0.05, 0) is 52.2 Å². The SMILES string of the molecule is CC(C)(C)OC(=O)N1CCCC[C@@H]1COc1ncccc1C#N. The lowest BCUT2D eigenvalue weighted by Gasteiger charge is -2.36. The van der Waals surface area contributed by atoms with Gasteiger partial charge in [-0.25, -0.2) is 9.78 Å². The molecule has 0 bridgehead atoms. The molecule has 1 aliphatic heterocycles. The highest BCUT2D eigenvalue weighted by Gasteiger charge is 2.31. The summed E-state index contributed by atoms with van der Waals surface area (Å²) in [7, 11) is 0. The molecule has 1 aliphatic rings. The van der Waals surface area contributed by atoms with Gasteiger partial charge in [0, 0.05) is 12.7 Å². The number of amides is 1. The fraction of sp³-hybridized carbons (Fsp3) is 0.588. The van der Waals surface area contributed by atoms with Crippen LogP contribution in [0.15, 0.2) is 18.3 Å². The number of piperidine rings is 1. The third-order valence-corrected chi connectivity index (χ3v) is 3.56. The molecule has 1 fully saturated rings. The number of hydrogen-bond acceptors (Lipinski definition) is 5. The molecular weight excluding hydrogens is 294 g/mol. The zero-order chi connectivity index (χ0) is 16.9. The van der Waals surface area contributed by atoms with E-state index in [1.165, 1.54) is 0 Å². The summed E-state index contributed by atoms with van der Waals surface area (Å²) in [6.07, 6.45) is 4.13. The van der Waals surface area contributed by atoms with Crippen LogP contribution < -0.4 is 4.74 Å². The summed E-state index contributed by atoms with van der Waals surface area (Å²) in [5.41, 5.74) is -0.123. The largest absolute Gasteiger partial charge is 0.475 e. The second-order valence-corrected chi connectivity index (χ2v) is 6.60. The van der Waals surface area contributed by atoms with Crippen LogP contribution in [-0.2, 0) is 4.74 Å². The molecule has 0 N–H and O–H groups in total. The first-order valence-corrected chi connectivity index (χ1v) is 7.88. The maximum Gasteiger partial charge on any atom is 0.410 e. The zero-order valence-corrected chi connectivity index (χ0v) is 13.9. The monoisotopic (exact) mass is 317 g/mol. The molecule has 1 aromatic rings. The summed E-state index contributed by atoms with van der Waals surface area (Å²) < 4.78 is 11.2. The molecular formula is C17H23N3O3. The molecule has 1 saturated heterocycles. The molecule has 1 amide bonds. The molecule has 0 aromatic carbocycles. The molecule has 23 heavy (non-hydrogen) atoms. The number of rotatable bonds is 3. The van der Waals surface area contributed by atoms with Gasteiger partial charge in [-0.2, -0.15) is 5.26 Å². The van der Waals surface area contributed by atoms with Crippen LogP contribution in [0.4, 0.5) is 4.79 Å². The molecule has 124 valence electrons. The first-order chi connectivity index (χ1) is 10.9. The molecule has 0 saturated carbocycles. The van der Waals surface area contributed by atoms with Crippen LogP contribution in [0.5, 0.6) is 5.88 Å². The number of carbonyl (C=O) groups excluding carboxylic acids is 1. The van der Waals surface area contributed by atoms with Gasteiger partial charge in [0.05, 0.1) is 6.04 Å². The second-order valence-electron chi connectivity index (χ2n) is 6.60. The minimum atomic E-state index is -0.519. The lowest BCUT2D eigenvalue weighted by molar-refractivity contribution is 0.00334. The molecule has 0 aliphatic carbocycles. The Bertz CT molecular complexity index is 589. The lowest BCUT2D eigenvalue weighted by Crippen LogP contribution is -2.48. The highest BCUT2D eigenvalue weighted by Crippen LogP contribution is 2.22. The second kappa shape index (κ2) is 7.32. The summed E-state index contributed by atoms with van der Waals surface area (Å²) in [5.74, 6) is 0.310. The summed E-state index contributed by atoms with van der Waals surface area (Å²) in [6, 6.07) is 5.35. The smallest absolute Gasteiger partial charge is 0.410 e. The molecule has 0 unspecified atom stereocenters. The normalized spacial score (nSPS) is 18.2. The van der Waals surface area contributed by atoms with E-state index < -0.39 is 5.60 Å². The molecule has 2 heterocycles. The van der Waals surface area contributed by atoms with Crippen LogP contribution in [0.2, 0.25) is 0 Å². The van der Waals surface area contributed by atoms with E-state index in [0.717, 1.165) is 19.3 Å². The number of aromatic nitrogens is 1. The van der Waals surface area contributed by atoms with Crippen molar-refractivity contribution in [3.05, 3.63) is 23.9 Å². The lowest BCUT2D eigenvalue weighted by atomic mass is 10.0. The highest BCUT2D eigenvalue weighted by atomic mass is 16.6. The van der Waals surface area contributed by atoms with Crippen LogP contribution in [0.25, 0.3) is 0 Å². The van der Waals surface area contributed by atoms with Crippen LogP contribution in [-0.4, -0.2) is 40.8 Å². The predicted molar refractivity (Wildman–Crippen MR) is 85.0 cm³/mol. The topological polar surface area (TPSA) is 75.4 Å². The first kappa shape index (κ1) is 17.1. The van der Waals surface area contributed by atoms with Crippen LogP contribution >= 0.6 is 0 Å². The highest BCUT2D eigenvalue weighted by molar-refractivity contribution is 5.68. The summed E-state index contributed by atoms with van der Waals surface area (Å²) in [4.78, 5) is 18.1. The van der Waals surface area contributed by atoms with Crippen molar-refractivity contribution in [3.63, 3.8) is 0 Å². The van der Waals surface area contributed by atoms with E-state index in [1.807, 2.05) is 20.8 Å². The van der Waals surface area contributed by atoms with Crippen molar-refractivity contribution < 1.29 is 14.3 Å². The summed E-state index contributed by atoms with van der Waals surface area (Å²) in [5, 5.41) is 9.07. The van der Waals surface area contributed by atoms with Crippen molar-refractivity contribution in [2.24, 2.45) is 0 Å². The van der Waals surface area contributed by atoms with E-state index in [0.29, 0.717) is 24.6 Å². The molecule has 1 aromatic heterocycles. The predicted octanol–water partition coefficient (Wildman–Crippen LogP) is 3.12. The Labute approximate surface area is 137 Å². The van der Waals surface area contributed by atoms with Gasteiger partial charge < -0.3 is 14.4 Å². The first-order valence-electron chi connectivity index (χ1n) is 7.88. The Hall–Kier alpha value is -2.29. The van der Waals surface area contributed by atoms with Gasteiger partial charge in [0.25, 0.3) is 0 Å². The van der Waals surface area contributed by atoms with Crippen LogP contribution in [0.3, 0.4) is 0 Å². The van der Waals surface area contributed by atoms with E-state index in [-0.39, 0.29) is 12.1 Å². The van der Waals surface area contributed by atoms with Crippen molar-refractivity contribution in [1.82, 2.24) is 9.88 Å².